The van der Waals surface area contributed by atoms with Crippen molar-refractivity contribution >= 4 is 17.2 Å². The standard InChI is InChI=1S/C50H45N3/c1-4-7-8-9-14-27-41-34-44(35-43-33-40-26-17-18-29-46(40)47(41)43)50-52-48(39-24-15-11-16-25-39)51-49(53-50)42-30-31-45(37(6-3)32-42)38(20-5-2)28-19-23-36-21-12-10-13-22-36/h4-5,7-32,34-35,43,47H,6,33H2,1-3H3/b7-4-,9-8-,20-5-,23-19+,27-14+,38-28+. The number of hydrogen-bond acceptors (Lipinski definition) is 3. The first-order valence-electron chi connectivity index (χ1n) is 18.6. The fourth-order valence-electron chi connectivity index (χ4n) is 7.35. The average Bonchev–Trinajstić information content (AvgIpc) is 3.59. The fourth-order valence-corrected chi connectivity index (χ4v) is 7.35. The van der Waals surface area contributed by atoms with Gasteiger partial charge in [-0.1, -0.05) is 177 Å². The Labute approximate surface area is 314 Å². The van der Waals surface area contributed by atoms with Gasteiger partial charge in [-0.2, -0.15) is 0 Å². The molecule has 3 heteroatoms. The molecule has 0 amide bonds. The zero-order chi connectivity index (χ0) is 36.4. The second kappa shape index (κ2) is 16.9. The molecule has 0 saturated heterocycles. The lowest BCUT2D eigenvalue weighted by atomic mass is 9.79. The van der Waals surface area contributed by atoms with Gasteiger partial charge in [0.05, 0.1) is 0 Å². The van der Waals surface area contributed by atoms with Crippen LogP contribution < -0.4 is 0 Å². The molecule has 53 heavy (non-hydrogen) atoms. The minimum Gasteiger partial charge on any atom is -0.208 e. The van der Waals surface area contributed by atoms with Crippen LogP contribution in [0.15, 0.2) is 182 Å². The van der Waals surface area contributed by atoms with Crippen LogP contribution in [0.4, 0.5) is 0 Å². The second-order valence-corrected chi connectivity index (χ2v) is 13.4. The molecule has 1 heterocycles. The monoisotopic (exact) mass is 687 g/mol. The number of benzene rings is 4. The van der Waals surface area contributed by atoms with E-state index in [1.807, 2.05) is 43.3 Å². The lowest BCUT2D eigenvalue weighted by molar-refractivity contribution is 0.615. The van der Waals surface area contributed by atoms with Crippen molar-refractivity contribution in [3.8, 4) is 22.8 Å². The van der Waals surface area contributed by atoms with Crippen LogP contribution in [-0.2, 0) is 12.8 Å². The lowest BCUT2D eigenvalue weighted by Gasteiger charge is -2.25. The minimum absolute atomic E-state index is 0.304. The van der Waals surface area contributed by atoms with Gasteiger partial charge in [0.25, 0.3) is 0 Å². The Hall–Kier alpha value is -6.19. The molecule has 4 aromatic carbocycles. The van der Waals surface area contributed by atoms with Crippen molar-refractivity contribution in [2.75, 3.05) is 0 Å². The van der Waals surface area contributed by atoms with Crippen LogP contribution in [0.3, 0.4) is 0 Å². The van der Waals surface area contributed by atoms with Gasteiger partial charge in [0.15, 0.2) is 17.5 Å². The van der Waals surface area contributed by atoms with E-state index in [1.54, 1.807) is 0 Å². The molecule has 0 fully saturated rings. The molecule has 2 aliphatic carbocycles. The average molecular weight is 688 g/mol. The number of nitrogens with zero attached hydrogens (tertiary/aromatic N) is 3. The summed E-state index contributed by atoms with van der Waals surface area (Å²) in [6, 6.07) is 36.1. The van der Waals surface area contributed by atoms with Gasteiger partial charge in [0, 0.05) is 22.6 Å². The van der Waals surface area contributed by atoms with E-state index in [-0.39, 0.29) is 0 Å². The van der Waals surface area contributed by atoms with Crippen molar-refractivity contribution in [1.82, 2.24) is 15.0 Å². The predicted molar refractivity (Wildman–Crippen MR) is 224 cm³/mol. The molecule has 0 saturated carbocycles. The van der Waals surface area contributed by atoms with E-state index in [1.165, 1.54) is 33.4 Å². The van der Waals surface area contributed by atoms with Crippen LogP contribution in [0.2, 0.25) is 0 Å². The van der Waals surface area contributed by atoms with E-state index in [2.05, 4.69) is 160 Å². The van der Waals surface area contributed by atoms with E-state index in [0.717, 1.165) is 35.1 Å². The van der Waals surface area contributed by atoms with Gasteiger partial charge in [-0.05, 0) is 83.7 Å². The van der Waals surface area contributed by atoms with Crippen molar-refractivity contribution < 1.29 is 0 Å². The highest BCUT2D eigenvalue weighted by molar-refractivity contribution is 5.81. The van der Waals surface area contributed by atoms with Crippen molar-refractivity contribution in [2.24, 2.45) is 5.92 Å². The molecule has 1 aromatic heterocycles. The van der Waals surface area contributed by atoms with Crippen LogP contribution in [0, 0.1) is 5.92 Å². The largest absolute Gasteiger partial charge is 0.208 e. The van der Waals surface area contributed by atoms with E-state index in [9.17, 15) is 0 Å². The van der Waals surface area contributed by atoms with E-state index >= 15 is 0 Å². The number of fused-ring (bicyclic) bond motifs is 3. The SMILES string of the molecule is C\C=C/C=C\C=C\C1=CC(c2nc(-c3ccccc3)nc(-c3ccc(C(/C=C\C)=C/C=C/c4ccccc4)c(CC)c3)n2)=CC2Cc3ccccc3C12. The Morgan fingerprint density at radius 1 is 0.679 bits per heavy atom. The van der Waals surface area contributed by atoms with Crippen LogP contribution >= 0.6 is 0 Å². The quantitative estimate of drug-likeness (QED) is 0.130. The smallest absolute Gasteiger partial charge is 0.164 e. The molecule has 0 radical (unpaired) electrons. The normalized spacial score (nSPS) is 17.3. The second-order valence-electron chi connectivity index (χ2n) is 13.4. The van der Waals surface area contributed by atoms with E-state index < -0.39 is 0 Å². The van der Waals surface area contributed by atoms with Gasteiger partial charge >= 0.3 is 0 Å². The zero-order valence-electron chi connectivity index (χ0n) is 30.7. The number of aromatic nitrogens is 3. The maximum atomic E-state index is 5.22. The molecule has 0 aliphatic heterocycles. The van der Waals surface area contributed by atoms with Gasteiger partial charge in [0.2, 0.25) is 0 Å². The van der Waals surface area contributed by atoms with Crippen molar-refractivity contribution in [3.05, 3.63) is 215 Å². The zero-order valence-corrected chi connectivity index (χ0v) is 30.7. The molecule has 2 atom stereocenters. The van der Waals surface area contributed by atoms with Gasteiger partial charge in [-0.25, -0.2) is 15.0 Å². The Morgan fingerprint density at radius 2 is 1.40 bits per heavy atom. The highest BCUT2D eigenvalue weighted by Gasteiger charge is 2.35. The molecule has 7 rings (SSSR count). The summed E-state index contributed by atoms with van der Waals surface area (Å²) in [4.78, 5) is 15.4. The summed E-state index contributed by atoms with van der Waals surface area (Å²) in [7, 11) is 0. The van der Waals surface area contributed by atoms with Crippen molar-refractivity contribution in [1.29, 1.82) is 0 Å². The first-order valence-corrected chi connectivity index (χ1v) is 18.6. The maximum Gasteiger partial charge on any atom is 0.164 e. The molecule has 2 aliphatic rings. The van der Waals surface area contributed by atoms with Crippen molar-refractivity contribution in [2.45, 2.75) is 39.5 Å². The summed E-state index contributed by atoms with van der Waals surface area (Å²) < 4.78 is 0. The van der Waals surface area contributed by atoms with Gasteiger partial charge < -0.3 is 0 Å². The molecule has 3 nitrogen and oxygen atoms in total. The number of aryl methyl sites for hydroxylation is 1. The maximum absolute atomic E-state index is 5.22. The summed E-state index contributed by atoms with van der Waals surface area (Å²) >= 11 is 0. The topological polar surface area (TPSA) is 38.7 Å². The van der Waals surface area contributed by atoms with E-state index in [0.29, 0.717) is 29.3 Å². The summed E-state index contributed by atoms with van der Waals surface area (Å²) in [6.07, 6.45) is 29.9. The van der Waals surface area contributed by atoms with Crippen LogP contribution in [0.25, 0.3) is 40.0 Å². The van der Waals surface area contributed by atoms with Crippen molar-refractivity contribution in [3.63, 3.8) is 0 Å². The Balaban J connectivity index is 1.31. The first kappa shape index (κ1) is 35.2. The summed E-state index contributed by atoms with van der Waals surface area (Å²) in [5.74, 6) is 2.67. The number of hydrogen-bond donors (Lipinski definition) is 0. The lowest BCUT2D eigenvalue weighted by Crippen LogP contribution is -2.13. The summed E-state index contributed by atoms with van der Waals surface area (Å²) in [5.41, 5.74) is 11.9. The Kier molecular flexibility index (Phi) is 11.2. The molecular formula is C50H45N3. The minimum atomic E-state index is 0.304. The molecule has 0 N–H and O–H groups in total. The molecule has 0 spiro atoms. The third kappa shape index (κ3) is 8.16. The third-order valence-corrected chi connectivity index (χ3v) is 9.85. The van der Waals surface area contributed by atoms with Crippen LogP contribution in [0.1, 0.15) is 60.3 Å². The third-order valence-electron chi connectivity index (χ3n) is 9.85. The molecule has 5 aromatic rings. The highest BCUT2D eigenvalue weighted by atomic mass is 15.0. The Bertz CT molecular complexity index is 2310. The molecule has 2 unspecified atom stereocenters. The predicted octanol–water partition coefficient (Wildman–Crippen LogP) is 12.4. The van der Waals surface area contributed by atoms with E-state index in [4.69, 9.17) is 15.0 Å². The highest BCUT2D eigenvalue weighted by Crippen LogP contribution is 2.48. The van der Waals surface area contributed by atoms with Crippen LogP contribution in [0.5, 0.6) is 0 Å². The number of rotatable bonds is 11. The number of allylic oxidation sites excluding steroid dienone is 15. The van der Waals surface area contributed by atoms with Crippen LogP contribution in [-0.4, -0.2) is 15.0 Å². The molecule has 260 valence electrons. The Morgan fingerprint density at radius 3 is 2.17 bits per heavy atom. The van der Waals surface area contributed by atoms with Gasteiger partial charge in [0.1, 0.15) is 0 Å². The summed E-state index contributed by atoms with van der Waals surface area (Å²) in [5, 5.41) is 0. The molecule has 0 bridgehead atoms. The van der Waals surface area contributed by atoms with Gasteiger partial charge in [-0.15, -0.1) is 0 Å². The molecular weight excluding hydrogens is 643 g/mol. The van der Waals surface area contributed by atoms with Gasteiger partial charge in [-0.3, -0.25) is 0 Å². The fraction of sp³-hybridized carbons (Fsp3) is 0.140. The summed E-state index contributed by atoms with van der Waals surface area (Å²) in [6.45, 7) is 6.30. The first-order chi connectivity index (χ1) is 26.1.